The van der Waals surface area contributed by atoms with Crippen LogP contribution in [0.2, 0.25) is 0 Å². The van der Waals surface area contributed by atoms with Gasteiger partial charge in [0.25, 0.3) is 0 Å². The fourth-order valence-electron chi connectivity index (χ4n) is 2.44. The number of hydrogen-bond donors (Lipinski definition) is 2. The van der Waals surface area contributed by atoms with Crippen LogP contribution >= 0.6 is 0 Å². The molecule has 0 radical (unpaired) electrons. The lowest BCUT2D eigenvalue weighted by molar-refractivity contribution is 0.0601. The van der Waals surface area contributed by atoms with Gasteiger partial charge in [0.15, 0.2) is 5.88 Å². The van der Waals surface area contributed by atoms with Gasteiger partial charge in [-0.15, -0.1) is 0 Å². The maximum absolute atomic E-state index is 11.8. The van der Waals surface area contributed by atoms with Crippen LogP contribution in [0, 0.1) is 0 Å². The number of fused-ring (bicyclic) bond motifs is 1. The van der Waals surface area contributed by atoms with Crippen LogP contribution in [0.5, 0.6) is 11.6 Å². The largest absolute Gasteiger partial charge is 0.497 e. The van der Waals surface area contributed by atoms with Gasteiger partial charge in [0, 0.05) is 17.1 Å². The number of nitrogens with zero attached hydrogens (tertiary/aromatic N) is 1. The van der Waals surface area contributed by atoms with Crippen LogP contribution < -0.4 is 4.74 Å². The summed E-state index contributed by atoms with van der Waals surface area (Å²) >= 11 is 0. The molecule has 1 aromatic heterocycles. The van der Waals surface area contributed by atoms with Crippen LogP contribution in [0.3, 0.4) is 0 Å². The highest BCUT2D eigenvalue weighted by atomic mass is 16.5. The average molecular weight is 324 g/mol. The van der Waals surface area contributed by atoms with Crippen LogP contribution in [0.15, 0.2) is 47.5 Å². The van der Waals surface area contributed by atoms with E-state index < -0.39 is 5.97 Å². The number of para-hydroxylation sites is 1. The number of hydrogen-bond acceptors (Lipinski definition) is 5. The second kappa shape index (κ2) is 6.45. The second-order valence-corrected chi connectivity index (χ2v) is 5.07. The van der Waals surface area contributed by atoms with Crippen molar-refractivity contribution in [3.63, 3.8) is 0 Å². The third kappa shape index (κ3) is 2.81. The van der Waals surface area contributed by atoms with Gasteiger partial charge in [-0.1, -0.05) is 12.1 Å². The van der Waals surface area contributed by atoms with Crippen molar-refractivity contribution in [3.8, 4) is 11.6 Å². The summed E-state index contributed by atoms with van der Waals surface area (Å²) in [7, 11) is 2.90. The molecule has 1 heterocycles. The molecule has 122 valence electrons. The number of benzene rings is 2. The number of aromatic amines is 1. The molecule has 0 atom stereocenters. The van der Waals surface area contributed by atoms with E-state index >= 15 is 0 Å². The van der Waals surface area contributed by atoms with E-state index in [4.69, 9.17) is 9.47 Å². The highest BCUT2D eigenvalue weighted by Gasteiger charge is 2.12. The molecule has 0 saturated carbocycles. The fourth-order valence-corrected chi connectivity index (χ4v) is 2.44. The number of carbonyl (C=O) groups excluding carboxylic acids is 1. The zero-order valence-corrected chi connectivity index (χ0v) is 13.2. The maximum Gasteiger partial charge on any atom is 0.340 e. The summed E-state index contributed by atoms with van der Waals surface area (Å²) in [6, 6.07) is 12.3. The summed E-state index contributed by atoms with van der Waals surface area (Å²) in [5.74, 6) is 0.205. The Morgan fingerprint density at radius 1 is 1.21 bits per heavy atom. The summed E-state index contributed by atoms with van der Waals surface area (Å²) < 4.78 is 9.97. The predicted octanol–water partition coefficient (Wildman–Crippen LogP) is 3.42. The van der Waals surface area contributed by atoms with E-state index in [2.05, 4.69) is 9.98 Å². The lowest BCUT2D eigenvalue weighted by Gasteiger charge is -2.03. The van der Waals surface area contributed by atoms with Crippen LogP contribution in [-0.2, 0) is 4.74 Å². The molecular formula is C18H16N2O4. The first kappa shape index (κ1) is 15.6. The number of ether oxygens (including phenoxy) is 2. The Bertz CT molecular complexity index is 928. The third-order valence-corrected chi connectivity index (χ3v) is 3.67. The number of carbonyl (C=O) groups is 1. The Morgan fingerprint density at radius 3 is 2.75 bits per heavy atom. The van der Waals surface area contributed by atoms with Gasteiger partial charge in [0.05, 0.1) is 31.0 Å². The third-order valence-electron chi connectivity index (χ3n) is 3.67. The number of esters is 1. The molecule has 3 rings (SSSR count). The molecular weight excluding hydrogens is 308 g/mol. The Balaban J connectivity index is 2.06. The van der Waals surface area contributed by atoms with Crippen molar-refractivity contribution < 1.29 is 19.4 Å². The number of aromatic nitrogens is 1. The molecule has 0 saturated heterocycles. The smallest absolute Gasteiger partial charge is 0.340 e. The normalized spacial score (nSPS) is 11.1. The Labute approximate surface area is 138 Å². The standard InChI is InChI=1S/C18H16N2O4/c1-23-11-7-8-16-13(9-11)14(17(21)20-16)10-19-15-6-4-3-5-12(15)18(22)24-2/h3-10,20-21H,1-2H3. The Morgan fingerprint density at radius 2 is 2.00 bits per heavy atom. The van der Waals surface area contributed by atoms with Crippen molar-refractivity contribution in [2.45, 2.75) is 0 Å². The molecule has 24 heavy (non-hydrogen) atoms. The number of nitrogens with one attached hydrogen (secondary N) is 1. The van der Waals surface area contributed by atoms with E-state index in [1.165, 1.54) is 13.3 Å². The van der Waals surface area contributed by atoms with Gasteiger partial charge in [-0.3, -0.25) is 4.99 Å². The topological polar surface area (TPSA) is 83.9 Å². The minimum Gasteiger partial charge on any atom is -0.497 e. The molecule has 0 aliphatic rings. The van der Waals surface area contributed by atoms with Gasteiger partial charge in [0.2, 0.25) is 0 Å². The van der Waals surface area contributed by atoms with Crippen molar-refractivity contribution in [3.05, 3.63) is 53.6 Å². The first-order valence-electron chi connectivity index (χ1n) is 7.24. The highest BCUT2D eigenvalue weighted by Crippen LogP contribution is 2.29. The molecule has 0 aliphatic carbocycles. The van der Waals surface area contributed by atoms with E-state index in [0.29, 0.717) is 22.6 Å². The van der Waals surface area contributed by atoms with Crippen molar-refractivity contribution in [2.24, 2.45) is 4.99 Å². The molecule has 0 unspecified atom stereocenters. The van der Waals surface area contributed by atoms with E-state index in [0.717, 1.165) is 10.9 Å². The molecule has 2 N–H and O–H groups in total. The van der Waals surface area contributed by atoms with E-state index in [9.17, 15) is 9.90 Å². The molecule has 0 amide bonds. The minimum atomic E-state index is -0.465. The van der Waals surface area contributed by atoms with Crippen molar-refractivity contribution in [1.29, 1.82) is 0 Å². The molecule has 6 nitrogen and oxygen atoms in total. The quantitative estimate of drug-likeness (QED) is 0.569. The first-order chi connectivity index (χ1) is 11.6. The number of H-pyrrole nitrogens is 1. The monoisotopic (exact) mass is 324 g/mol. The van der Waals surface area contributed by atoms with Gasteiger partial charge in [-0.2, -0.15) is 0 Å². The lowest BCUT2D eigenvalue weighted by atomic mass is 10.1. The molecule has 0 bridgehead atoms. The van der Waals surface area contributed by atoms with E-state index in [-0.39, 0.29) is 5.88 Å². The van der Waals surface area contributed by atoms with Gasteiger partial charge < -0.3 is 19.6 Å². The van der Waals surface area contributed by atoms with Crippen molar-refractivity contribution in [2.75, 3.05) is 14.2 Å². The molecule has 6 heteroatoms. The average Bonchev–Trinajstić information content (AvgIpc) is 2.93. The predicted molar refractivity (Wildman–Crippen MR) is 91.6 cm³/mol. The number of aliphatic imine (C=N–C) groups is 1. The summed E-state index contributed by atoms with van der Waals surface area (Å²) in [5, 5.41) is 10.9. The van der Waals surface area contributed by atoms with Gasteiger partial charge in [-0.25, -0.2) is 4.79 Å². The van der Waals surface area contributed by atoms with Crippen LogP contribution in [0.1, 0.15) is 15.9 Å². The van der Waals surface area contributed by atoms with Crippen molar-refractivity contribution >= 4 is 28.8 Å². The second-order valence-electron chi connectivity index (χ2n) is 5.07. The van der Waals surface area contributed by atoms with Gasteiger partial charge in [-0.05, 0) is 30.3 Å². The fraction of sp³-hybridized carbons (Fsp3) is 0.111. The molecule has 0 spiro atoms. The van der Waals surface area contributed by atoms with Gasteiger partial charge >= 0.3 is 5.97 Å². The molecule has 0 aliphatic heterocycles. The van der Waals surface area contributed by atoms with Crippen molar-refractivity contribution in [1.82, 2.24) is 4.98 Å². The van der Waals surface area contributed by atoms with Crippen LogP contribution in [0.4, 0.5) is 5.69 Å². The molecule has 3 aromatic rings. The van der Waals surface area contributed by atoms with E-state index in [1.807, 2.05) is 6.07 Å². The number of methoxy groups -OCH3 is 2. The highest BCUT2D eigenvalue weighted by molar-refractivity contribution is 6.04. The lowest BCUT2D eigenvalue weighted by Crippen LogP contribution is -2.01. The number of rotatable bonds is 4. The van der Waals surface area contributed by atoms with E-state index in [1.54, 1.807) is 43.5 Å². The molecule has 0 fully saturated rings. The van der Waals surface area contributed by atoms with Gasteiger partial charge in [0.1, 0.15) is 5.75 Å². The zero-order chi connectivity index (χ0) is 17.1. The summed E-state index contributed by atoms with van der Waals surface area (Å²) in [5.41, 5.74) is 2.09. The molecule has 2 aromatic carbocycles. The van der Waals surface area contributed by atoms with Crippen LogP contribution in [-0.4, -0.2) is 36.5 Å². The first-order valence-corrected chi connectivity index (χ1v) is 7.24. The Kier molecular flexibility index (Phi) is 4.20. The zero-order valence-electron chi connectivity index (χ0n) is 13.2. The van der Waals surface area contributed by atoms with Crippen LogP contribution in [0.25, 0.3) is 10.9 Å². The minimum absolute atomic E-state index is 0.00227. The SMILES string of the molecule is COC(=O)c1ccccc1N=Cc1c(O)[nH]c2ccc(OC)cc12. The maximum atomic E-state index is 11.8. The number of aromatic hydroxyl groups is 1. The summed E-state index contributed by atoms with van der Waals surface area (Å²) in [4.78, 5) is 19.0. The summed E-state index contributed by atoms with van der Waals surface area (Å²) in [6.07, 6.45) is 1.51. The summed E-state index contributed by atoms with van der Waals surface area (Å²) in [6.45, 7) is 0. The Hall–Kier alpha value is -3.28.